The Morgan fingerprint density at radius 3 is 2.52 bits per heavy atom. The number of azo groups is 1. The molecule has 21 heavy (non-hydrogen) atoms. The molecule has 5 nitrogen and oxygen atoms in total. The minimum atomic E-state index is -0.0722. The van der Waals surface area contributed by atoms with E-state index in [1.807, 2.05) is 31.2 Å². The quantitative estimate of drug-likeness (QED) is 0.663. The van der Waals surface area contributed by atoms with Crippen molar-refractivity contribution in [2.45, 2.75) is 13.3 Å². The van der Waals surface area contributed by atoms with E-state index < -0.39 is 0 Å². The summed E-state index contributed by atoms with van der Waals surface area (Å²) < 4.78 is 0. The first-order valence-corrected chi connectivity index (χ1v) is 6.57. The predicted octanol–water partition coefficient (Wildman–Crippen LogP) is 3.40. The Hall–Kier alpha value is -2.71. The molecule has 3 N–H and O–H groups in total. The Labute approximate surface area is 123 Å². The molecule has 0 atom stereocenters. The molecule has 2 aromatic rings. The van der Waals surface area contributed by atoms with E-state index in [2.05, 4.69) is 16.3 Å². The third-order valence-electron chi connectivity index (χ3n) is 3.20. The Bertz CT molecular complexity index is 717. The third kappa shape index (κ3) is 3.25. The molecule has 0 saturated heterocycles. The lowest BCUT2D eigenvalue weighted by Crippen LogP contribution is -2.01. The summed E-state index contributed by atoms with van der Waals surface area (Å²) in [5.41, 5.74) is 9.78. The van der Waals surface area contributed by atoms with Gasteiger partial charge in [0.15, 0.2) is 0 Å². The van der Waals surface area contributed by atoms with Crippen LogP contribution >= 0.6 is 0 Å². The highest BCUT2D eigenvalue weighted by atomic mass is 16.2. The molecule has 0 unspecified atom stereocenters. The average molecular weight is 280 g/mol. The van der Waals surface area contributed by atoms with Crippen LogP contribution in [0.3, 0.4) is 0 Å². The van der Waals surface area contributed by atoms with Gasteiger partial charge in [0.25, 0.3) is 0 Å². The van der Waals surface area contributed by atoms with Crippen molar-refractivity contribution in [2.24, 2.45) is 10.2 Å². The second-order valence-corrected chi connectivity index (χ2v) is 4.60. The molecule has 5 heteroatoms. The van der Waals surface area contributed by atoms with Gasteiger partial charge in [0, 0.05) is 6.61 Å². The highest BCUT2D eigenvalue weighted by molar-refractivity contribution is 5.70. The van der Waals surface area contributed by atoms with Gasteiger partial charge in [0.05, 0.1) is 23.0 Å². The minimum absolute atomic E-state index is 0.0722. The number of aliphatic hydroxyl groups excluding tert-OH is 1. The molecule has 0 aromatic heterocycles. The van der Waals surface area contributed by atoms with Crippen LogP contribution < -0.4 is 5.73 Å². The number of nitriles is 1. The van der Waals surface area contributed by atoms with Crippen molar-refractivity contribution in [3.63, 3.8) is 0 Å². The van der Waals surface area contributed by atoms with E-state index in [1.54, 1.807) is 12.1 Å². The zero-order valence-electron chi connectivity index (χ0n) is 11.7. The number of aryl methyl sites for hydroxylation is 1. The van der Waals surface area contributed by atoms with Crippen molar-refractivity contribution in [3.05, 3.63) is 53.1 Å². The maximum atomic E-state index is 9.08. The lowest BCUT2D eigenvalue weighted by atomic mass is 10.0. The summed E-state index contributed by atoms with van der Waals surface area (Å²) in [6, 6.07) is 13.0. The van der Waals surface area contributed by atoms with E-state index in [4.69, 9.17) is 16.1 Å². The fourth-order valence-corrected chi connectivity index (χ4v) is 2.01. The van der Waals surface area contributed by atoms with E-state index in [9.17, 15) is 0 Å². The molecule has 0 aliphatic heterocycles. The van der Waals surface area contributed by atoms with Crippen molar-refractivity contribution in [1.29, 1.82) is 5.26 Å². The Kier molecular flexibility index (Phi) is 4.64. The molecule has 0 aliphatic carbocycles. The molecule has 0 spiro atoms. The van der Waals surface area contributed by atoms with Crippen molar-refractivity contribution < 1.29 is 5.11 Å². The second-order valence-electron chi connectivity index (χ2n) is 4.60. The van der Waals surface area contributed by atoms with E-state index in [0.29, 0.717) is 28.9 Å². The van der Waals surface area contributed by atoms with Gasteiger partial charge in [-0.25, -0.2) is 0 Å². The van der Waals surface area contributed by atoms with Gasteiger partial charge in [0.1, 0.15) is 5.69 Å². The van der Waals surface area contributed by atoms with Crippen LogP contribution in [0.4, 0.5) is 17.1 Å². The van der Waals surface area contributed by atoms with E-state index in [-0.39, 0.29) is 6.61 Å². The van der Waals surface area contributed by atoms with Gasteiger partial charge in [0.2, 0.25) is 0 Å². The van der Waals surface area contributed by atoms with Crippen LogP contribution in [0, 0.1) is 18.3 Å². The molecule has 106 valence electrons. The summed E-state index contributed by atoms with van der Waals surface area (Å²) in [6.07, 6.45) is 0.322. The van der Waals surface area contributed by atoms with E-state index in [0.717, 1.165) is 11.3 Å². The van der Waals surface area contributed by atoms with Crippen molar-refractivity contribution in [1.82, 2.24) is 0 Å². The average Bonchev–Trinajstić information content (AvgIpc) is 2.50. The SMILES string of the molecule is Cc1ccccc1N=Nc1ccc(C#N)c(CCO)c1N. The second kappa shape index (κ2) is 6.64. The summed E-state index contributed by atoms with van der Waals surface area (Å²) in [5.74, 6) is 0. The van der Waals surface area contributed by atoms with Gasteiger partial charge in [-0.3, -0.25) is 0 Å². The van der Waals surface area contributed by atoms with Crippen LogP contribution in [0.25, 0.3) is 0 Å². The van der Waals surface area contributed by atoms with E-state index >= 15 is 0 Å². The smallest absolute Gasteiger partial charge is 0.109 e. The van der Waals surface area contributed by atoms with Crippen molar-refractivity contribution in [3.8, 4) is 6.07 Å². The molecular weight excluding hydrogens is 264 g/mol. The molecule has 0 bridgehead atoms. The fraction of sp³-hybridized carbons (Fsp3) is 0.188. The summed E-state index contributed by atoms with van der Waals surface area (Å²) in [6.45, 7) is 1.88. The molecular formula is C16H16N4O. The van der Waals surface area contributed by atoms with Crippen LogP contribution in [0.15, 0.2) is 46.6 Å². The first-order valence-electron chi connectivity index (χ1n) is 6.57. The molecule has 0 radical (unpaired) electrons. The monoisotopic (exact) mass is 280 g/mol. The zero-order chi connectivity index (χ0) is 15.2. The maximum absolute atomic E-state index is 9.08. The van der Waals surface area contributed by atoms with Gasteiger partial charge in [-0.05, 0) is 42.7 Å². The lowest BCUT2D eigenvalue weighted by molar-refractivity contribution is 0.299. The Balaban J connectivity index is 2.40. The van der Waals surface area contributed by atoms with Crippen LogP contribution in [-0.4, -0.2) is 11.7 Å². The number of nitrogens with zero attached hydrogens (tertiary/aromatic N) is 3. The first-order chi connectivity index (χ1) is 10.2. The van der Waals surface area contributed by atoms with Gasteiger partial charge in [-0.15, -0.1) is 5.11 Å². The highest BCUT2D eigenvalue weighted by Gasteiger charge is 2.10. The Morgan fingerprint density at radius 2 is 1.86 bits per heavy atom. The maximum Gasteiger partial charge on any atom is 0.109 e. The highest BCUT2D eigenvalue weighted by Crippen LogP contribution is 2.30. The molecule has 0 fully saturated rings. The molecule has 0 heterocycles. The largest absolute Gasteiger partial charge is 0.397 e. The van der Waals surface area contributed by atoms with Crippen LogP contribution in [0.1, 0.15) is 16.7 Å². The summed E-state index contributed by atoms with van der Waals surface area (Å²) in [4.78, 5) is 0. The van der Waals surface area contributed by atoms with Crippen LogP contribution in [-0.2, 0) is 6.42 Å². The first kappa shape index (κ1) is 14.7. The molecule has 0 saturated carbocycles. The van der Waals surface area contributed by atoms with E-state index in [1.165, 1.54) is 0 Å². The fourth-order valence-electron chi connectivity index (χ4n) is 2.01. The summed E-state index contributed by atoms with van der Waals surface area (Å²) in [5, 5.41) is 26.5. The summed E-state index contributed by atoms with van der Waals surface area (Å²) in [7, 11) is 0. The summed E-state index contributed by atoms with van der Waals surface area (Å²) >= 11 is 0. The van der Waals surface area contributed by atoms with Gasteiger partial charge in [-0.1, -0.05) is 18.2 Å². The van der Waals surface area contributed by atoms with Gasteiger partial charge in [-0.2, -0.15) is 10.4 Å². The molecule has 0 aliphatic rings. The van der Waals surface area contributed by atoms with Crippen molar-refractivity contribution in [2.75, 3.05) is 12.3 Å². The number of nitrogens with two attached hydrogens (primary N) is 1. The standard InChI is InChI=1S/C16H16N4O/c1-11-4-2-3-5-14(11)19-20-15-7-6-12(10-17)13(8-9-21)16(15)18/h2-7,21H,8-9,18H2,1H3. The number of aliphatic hydroxyl groups is 1. The lowest BCUT2D eigenvalue weighted by Gasteiger charge is -2.08. The topological polar surface area (TPSA) is 94.8 Å². The number of anilines is 1. The van der Waals surface area contributed by atoms with Crippen LogP contribution in [0.5, 0.6) is 0 Å². The molecule has 2 rings (SSSR count). The predicted molar refractivity (Wildman–Crippen MR) is 81.7 cm³/mol. The van der Waals surface area contributed by atoms with Gasteiger partial charge < -0.3 is 10.8 Å². The Morgan fingerprint density at radius 1 is 1.14 bits per heavy atom. The normalized spacial score (nSPS) is 10.7. The zero-order valence-corrected chi connectivity index (χ0v) is 11.7. The number of hydrogen-bond acceptors (Lipinski definition) is 5. The number of nitrogen functional groups attached to an aromatic ring is 1. The number of rotatable bonds is 4. The number of benzene rings is 2. The number of hydrogen-bond donors (Lipinski definition) is 2. The van der Waals surface area contributed by atoms with Gasteiger partial charge >= 0.3 is 0 Å². The van der Waals surface area contributed by atoms with Crippen LogP contribution in [0.2, 0.25) is 0 Å². The van der Waals surface area contributed by atoms with Crippen molar-refractivity contribution >= 4 is 17.1 Å². The third-order valence-corrected chi connectivity index (χ3v) is 3.20. The molecule has 2 aromatic carbocycles. The molecule has 0 amide bonds. The minimum Gasteiger partial charge on any atom is -0.397 e.